The monoisotopic (exact) mass is 428 g/mol. The van der Waals surface area contributed by atoms with Crippen LogP contribution in [0.2, 0.25) is 0 Å². The number of hydrogen-bond donors (Lipinski definition) is 1. The van der Waals surface area contributed by atoms with Gasteiger partial charge in [0.2, 0.25) is 0 Å². The lowest BCUT2D eigenvalue weighted by Crippen LogP contribution is -2.34. The smallest absolute Gasteiger partial charge is 0.278 e. The number of amides is 2. The summed E-state index contributed by atoms with van der Waals surface area (Å²) in [6.07, 6.45) is 0.573. The van der Waals surface area contributed by atoms with E-state index in [0.29, 0.717) is 34.7 Å². The molecule has 6 nitrogen and oxygen atoms in total. The molecule has 0 saturated carbocycles. The highest BCUT2D eigenvalue weighted by Gasteiger charge is 2.40. The summed E-state index contributed by atoms with van der Waals surface area (Å²) in [6.45, 7) is 0.281. The van der Waals surface area contributed by atoms with E-state index in [1.54, 1.807) is 32.4 Å². The largest absolute Gasteiger partial charge is 0.497 e. The summed E-state index contributed by atoms with van der Waals surface area (Å²) in [6, 6.07) is 24.2. The Labute approximate surface area is 187 Å². The number of nitrogens with zero attached hydrogens (tertiary/aromatic N) is 1. The zero-order valence-corrected chi connectivity index (χ0v) is 18.0. The molecule has 0 aromatic heterocycles. The average molecular weight is 428 g/mol. The lowest BCUT2D eigenvalue weighted by atomic mass is 10.0. The SMILES string of the molecule is COc1cccc(NC2=C(c3ccccc3OC)C(=O)N(CCc3ccccc3)C2=O)c1. The molecule has 0 fully saturated rings. The molecule has 162 valence electrons. The lowest BCUT2D eigenvalue weighted by molar-refractivity contribution is -0.136. The molecule has 4 rings (SSSR count). The van der Waals surface area contributed by atoms with Crippen LogP contribution >= 0.6 is 0 Å². The van der Waals surface area contributed by atoms with Crippen molar-refractivity contribution < 1.29 is 19.1 Å². The number of para-hydroxylation sites is 1. The molecule has 1 N–H and O–H groups in total. The van der Waals surface area contributed by atoms with E-state index in [0.717, 1.165) is 5.56 Å². The molecule has 0 bridgehead atoms. The molecule has 3 aromatic carbocycles. The molecule has 32 heavy (non-hydrogen) atoms. The summed E-state index contributed by atoms with van der Waals surface area (Å²) < 4.78 is 10.8. The zero-order chi connectivity index (χ0) is 22.5. The molecule has 1 aliphatic rings. The van der Waals surface area contributed by atoms with Crippen LogP contribution in [0.3, 0.4) is 0 Å². The Morgan fingerprint density at radius 2 is 1.56 bits per heavy atom. The number of anilines is 1. The van der Waals surface area contributed by atoms with Gasteiger partial charge in [0.25, 0.3) is 11.8 Å². The van der Waals surface area contributed by atoms with Crippen LogP contribution in [-0.4, -0.2) is 37.5 Å². The van der Waals surface area contributed by atoms with Crippen LogP contribution in [0.25, 0.3) is 5.57 Å². The topological polar surface area (TPSA) is 67.9 Å². The molecule has 0 radical (unpaired) electrons. The number of nitrogens with one attached hydrogen (secondary N) is 1. The minimum atomic E-state index is -0.366. The summed E-state index contributed by atoms with van der Waals surface area (Å²) in [5, 5.41) is 3.16. The van der Waals surface area contributed by atoms with E-state index < -0.39 is 0 Å². The number of imide groups is 1. The van der Waals surface area contributed by atoms with Crippen molar-refractivity contribution in [2.75, 3.05) is 26.1 Å². The summed E-state index contributed by atoms with van der Waals surface area (Å²) in [4.78, 5) is 28.1. The normalized spacial score (nSPS) is 13.5. The van der Waals surface area contributed by atoms with E-state index in [1.165, 1.54) is 4.90 Å². The van der Waals surface area contributed by atoms with Crippen LogP contribution in [0.15, 0.2) is 84.6 Å². The van der Waals surface area contributed by atoms with Gasteiger partial charge in [-0.15, -0.1) is 0 Å². The third-order valence-electron chi connectivity index (χ3n) is 5.35. The standard InChI is InChI=1S/C26H24N2O4/c1-31-20-12-8-11-19(17-20)27-24-23(21-13-6-7-14-22(21)32-2)25(29)28(26(24)30)16-15-18-9-4-3-5-10-18/h3-14,17,27H,15-16H2,1-2H3. The number of rotatable bonds is 8. The van der Waals surface area contributed by atoms with Gasteiger partial charge in [-0.25, -0.2) is 0 Å². The predicted octanol–water partition coefficient (Wildman–Crippen LogP) is 4.14. The van der Waals surface area contributed by atoms with Gasteiger partial charge in [0, 0.05) is 23.9 Å². The molecule has 0 spiro atoms. The van der Waals surface area contributed by atoms with E-state index in [-0.39, 0.29) is 24.1 Å². The third-order valence-corrected chi connectivity index (χ3v) is 5.35. The number of carbonyl (C=O) groups excluding carboxylic acids is 2. The first-order valence-electron chi connectivity index (χ1n) is 10.3. The van der Waals surface area contributed by atoms with E-state index in [9.17, 15) is 9.59 Å². The van der Waals surface area contributed by atoms with Crippen LogP contribution < -0.4 is 14.8 Å². The van der Waals surface area contributed by atoms with Crippen molar-refractivity contribution in [3.8, 4) is 11.5 Å². The quantitative estimate of drug-likeness (QED) is 0.546. The second-order valence-corrected chi connectivity index (χ2v) is 7.30. The van der Waals surface area contributed by atoms with Gasteiger partial charge in [-0.05, 0) is 30.2 Å². The Hall–Kier alpha value is -4.06. The van der Waals surface area contributed by atoms with Gasteiger partial charge >= 0.3 is 0 Å². The average Bonchev–Trinajstić information content (AvgIpc) is 3.07. The molecule has 2 amide bonds. The van der Waals surface area contributed by atoms with Crippen LogP contribution in [0.5, 0.6) is 11.5 Å². The summed E-state index contributed by atoms with van der Waals surface area (Å²) in [7, 11) is 3.12. The van der Waals surface area contributed by atoms with Gasteiger partial charge < -0.3 is 14.8 Å². The maximum atomic E-state index is 13.5. The number of benzene rings is 3. The number of carbonyl (C=O) groups is 2. The summed E-state index contributed by atoms with van der Waals surface area (Å²) >= 11 is 0. The van der Waals surface area contributed by atoms with Gasteiger partial charge in [0.1, 0.15) is 17.2 Å². The highest BCUT2D eigenvalue weighted by molar-refractivity contribution is 6.37. The Bertz CT molecular complexity index is 1170. The van der Waals surface area contributed by atoms with Crippen molar-refractivity contribution in [3.05, 3.63) is 95.7 Å². The summed E-state index contributed by atoms with van der Waals surface area (Å²) in [5.41, 5.74) is 2.80. The minimum absolute atomic E-state index is 0.223. The van der Waals surface area contributed by atoms with Crippen LogP contribution in [0.1, 0.15) is 11.1 Å². The Kier molecular flexibility index (Phi) is 6.22. The van der Waals surface area contributed by atoms with Crippen molar-refractivity contribution in [1.82, 2.24) is 4.90 Å². The number of hydrogen-bond acceptors (Lipinski definition) is 5. The molecule has 0 saturated heterocycles. The van der Waals surface area contributed by atoms with Crippen molar-refractivity contribution in [2.24, 2.45) is 0 Å². The maximum Gasteiger partial charge on any atom is 0.278 e. The molecule has 0 unspecified atom stereocenters. The fourth-order valence-corrected chi connectivity index (χ4v) is 3.73. The Morgan fingerprint density at radius 3 is 2.31 bits per heavy atom. The Balaban J connectivity index is 1.71. The highest BCUT2D eigenvalue weighted by Crippen LogP contribution is 2.35. The van der Waals surface area contributed by atoms with Gasteiger partial charge in [0.15, 0.2) is 0 Å². The molecule has 1 heterocycles. The van der Waals surface area contributed by atoms with Gasteiger partial charge in [0.05, 0.1) is 19.8 Å². The van der Waals surface area contributed by atoms with E-state index >= 15 is 0 Å². The zero-order valence-electron chi connectivity index (χ0n) is 18.0. The fourth-order valence-electron chi connectivity index (χ4n) is 3.73. The second-order valence-electron chi connectivity index (χ2n) is 7.30. The van der Waals surface area contributed by atoms with Crippen LogP contribution in [0, 0.1) is 0 Å². The van der Waals surface area contributed by atoms with Crippen molar-refractivity contribution in [3.63, 3.8) is 0 Å². The molecular weight excluding hydrogens is 404 g/mol. The van der Waals surface area contributed by atoms with Crippen LogP contribution in [-0.2, 0) is 16.0 Å². The highest BCUT2D eigenvalue weighted by atomic mass is 16.5. The Morgan fingerprint density at radius 1 is 0.812 bits per heavy atom. The van der Waals surface area contributed by atoms with Crippen molar-refractivity contribution in [1.29, 1.82) is 0 Å². The fraction of sp³-hybridized carbons (Fsp3) is 0.154. The molecule has 1 aliphatic heterocycles. The number of ether oxygens (including phenoxy) is 2. The molecule has 0 aliphatic carbocycles. The van der Waals surface area contributed by atoms with Gasteiger partial charge in [-0.2, -0.15) is 0 Å². The first-order valence-corrected chi connectivity index (χ1v) is 10.3. The second kappa shape index (κ2) is 9.39. The van der Waals surface area contributed by atoms with E-state index in [2.05, 4.69) is 5.32 Å². The molecular formula is C26H24N2O4. The minimum Gasteiger partial charge on any atom is -0.497 e. The van der Waals surface area contributed by atoms with E-state index in [1.807, 2.05) is 60.7 Å². The first-order chi connectivity index (χ1) is 15.6. The lowest BCUT2D eigenvalue weighted by Gasteiger charge is -2.15. The molecule has 3 aromatic rings. The molecule has 0 atom stereocenters. The van der Waals surface area contributed by atoms with Crippen molar-refractivity contribution >= 4 is 23.1 Å². The third kappa shape index (κ3) is 4.21. The van der Waals surface area contributed by atoms with Gasteiger partial charge in [-0.3, -0.25) is 14.5 Å². The maximum absolute atomic E-state index is 13.5. The van der Waals surface area contributed by atoms with Crippen LogP contribution in [0.4, 0.5) is 5.69 Å². The van der Waals surface area contributed by atoms with E-state index in [4.69, 9.17) is 9.47 Å². The predicted molar refractivity (Wildman–Crippen MR) is 123 cm³/mol. The van der Waals surface area contributed by atoms with Gasteiger partial charge in [-0.1, -0.05) is 54.6 Å². The number of methoxy groups -OCH3 is 2. The summed E-state index contributed by atoms with van der Waals surface area (Å²) in [5.74, 6) is 0.459. The molecule has 6 heteroatoms. The van der Waals surface area contributed by atoms with Crippen molar-refractivity contribution in [2.45, 2.75) is 6.42 Å². The first kappa shape index (κ1) is 21.2.